The summed E-state index contributed by atoms with van der Waals surface area (Å²) in [6, 6.07) is 24.8. The molecule has 0 unspecified atom stereocenters. The molecule has 4 aromatic rings. The first-order valence-corrected chi connectivity index (χ1v) is 9.82. The van der Waals surface area contributed by atoms with Crippen LogP contribution in [-0.2, 0) is 11.2 Å². The van der Waals surface area contributed by atoms with Crippen LogP contribution in [0.3, 0.4) is 0 Å². The van der Waals surface area contributed by atoms with Crippen molar-refractivity contribution in [3.05, 3.63) is 89.8 Å². The van der Waals surface area contributed by atoms with Gasteiger partial charge in [-0.1, -0.05) is 83.9 Å². The van der Waals surface area contributed by atoms with E-state index in [4.69, 9.17) is 9.40 Å². The van der Waals surface area contributed by atoms with Crippen molar-refractivity contribution in [3.8, 4) is 33.7 Å². The van der Waals surface area contributed by atoms with Gasteiger partial charge in [0.25, 0.3) is 0 Å². The number of nitrogens with zero attached hydrogens (tertiary/aromatic N) is 1. The zero-order valence-corrected chi connectivity index (χ0v) is 16.7. The first kappa shape index (κ1) is 18.9. The van der Waals surface area contributed by atoms with E-state index >= 15 is 0 Å². The second-order valence-corrected chi connectivity index (χ2v) is 7.28. The predicted molar refractivity (Wildman–Crippen MR) is 117 cm³/mol. The molecule has 0 atom stereocenters. The Hall–Kier alpha value is -3.46. The lowest BCUT2D eigenvalue weighted by Gasteiger charge is -2.11. The van der Waals surface area contributed by atoms with E-state index in [1.54, 1.807) is 0 Å². The molecule has 0 aliphatic rings. The van der Waals surface area contributed by atoms with Crippen LogP contribution in [0.15, 0.2) is 77.2 Å². The second kappa shape index (κ2) is 8.27. The van der Waals surface area contributed by atoms with Gasteiger partial charge in [-0.3, -0.25) is 0 Å². The molecule has 4 rings (SSSR count). The first-order valence-electron chi connectivity index (χ1n) is 9.82. The molecule has 1 heterocycles. The van der Waals surface area contributed by atoms with E-state index < -0.39 is 0 Å². The van der Waals surface area contributed by atoms with Gasteiger partial charge in [0.1, 0.15) is 12.0 Å². The third-order valence-electron chi connectivity index (χ3n) is 4.90. The Morgan fingerprint density at radius 1 is 0.828 bits per heavy atom. The molecule has 3 aromatic carbocycles. The highest BCUT2D eigenvalue weighted by Gasteiger charge is 2.19. The fraction of sp³-hybridized carbons (Fsp3) is 0.154. The maximum absolute atomic E-state index is 10.8. The number of aryl methyl sites for hydroxylation is 3. The Morgan fingerprint density at radius 3 is 2.17 bits per heavy atom. The summed E-state index contributed by atoms with van der Waals surface area (Å²) < 4.78 is 6.13. The number of hydrogen-bond acceptors (Lipinski definition) is 3. The smallest absolute Gasteiger partial charge is 0.195 e. The highest BCUT2D eigenvalue weighted by atomic mass is 16.4. The van der Waals surface area contributed by atoms with Gasteiger partial charge in [0, 0.05) is 24.0 Å². The van der Waals surface area contributed by atoms with Gasteiger partial charge in [0.2, 0.25) is 0 Å². The Morgan fingerprint density at radius 2 is 1.48 bits per heavy atom. The number of aromatic nitrogens is 1. The Balaban J connectivity index is 1.91. The summed E-state index contributed by atoms with van der Waals surface area (Å²) in [4.78, 5) is 15.6. The van der Waals surface area contributed by atoms with Crippen molar-refractivity contribution < 1.29 is 9.21 Å². The SMILES string of the molecule is Cc1cc(C)cc(-c2ccccc2-c2nc(CCC=O)oc2-c2ccccc2)c1. The van der Waals surface area contributed by atoms with Crippen molar-refractivity contribution in [1.82, 2.24) is 4.98 Å². The van der Waals surface area contributed by atoms with Crippen LogP contribution in [0.1, 0.15) is 23.4 Å². The van der Waals surface area contributed by atoms with E-state index in [0.717, 1.165) is 40.0 Å². The zero-order valence-electron chi connectivity index (χ0n) is 16.7. The van der Waals surface area contributed by atoms with Gasteiger partial charge >= 0.3 is 0 Å². The Labute approximate surface area is 171 Å². The monoisotopic (exact) mass is 381 g/mol. The predicted octanol–water partition coefficient (Wildman–Crippen LogP) is 6.42. The normalized spacial score (nSPS) is 10.8. The van der Waals surface area contributed by atoms with Crippen molar-refractivity contribution in [1.29, 1.82) is 0 Å². The van der Waals surface area contributed by atoms with Gasteiger partial charge in [-0.05, 0) is 25.0 Å². The van der Waals surface area contributed by atoms with E-state index in [9.17, 15) is 4.79 Å². The van der Waals surface area contributed by atoms with Crippen molar-refractivity contribution >= 4 is 6.29 Å². The summed E-state index contributed by atoms with van der Waals surface area (Å²) in [5.41, 5.74) is 7.54. The quantitative estimate of drug-likeness (QED) is 0.362. The summed E-state index contributed by atoms with van der Waals surface area (Å²) in [7, 11) is 0. The first-order chi connectivity index (χ1) is 14.2. The van der Waals surface area contributed by atoms with E-state index in [2.05, 4.69) is 44.2 Å². The summed E-state index contributed by atoms with van der Waals surface area (Å²) in [6.45, 7) is 4.23. The molecule has 0 amide bonds. The zero-order chi connectivity index (χ0) is 20.2. The third-order valence-corrected chi connectivity index (χ3v) is 4.90. The van der Waals surface area contributed by atoms with Crippen molar-refractivity contribution in [2.45, 2.75) is 26.7 Å². The number of aldehydes is 1. The molecule has 29 heavy (non-hydrogen) atoms. The molecule has 0 fully saturated rings. The van der Waals surface area contributed by atoms with Gasteiger partial charge in [-0.15, -0.1) is 0 Å². The molecule has 0 radical (unpaired) electrons. The minimum atomic E-state index is 0.396. The highest BCUT2D eigenvalue weighted by Crippen LogP contribution is 2.38. The maximum Gasteiger partial charge on any atom is 0.195 e. The molecular weight excluding hydrogens is 358 g/mol. The van der Waals surface area contributed by atoms with Crippen LogP contribution in [0.4, 0.5) is 0 Å². The Kier molecular flexibility index (Phi) is 5.39. The number of hydrogen-bond donors (Lipinski definition) is 0. The van der Waals surface area contributed by atoms with Gasteiger partial charge in [0.15, 0.2) is 11.7 Å². The summed E-state index contributed by atoms with van der Waals surface area (Å²) >= 11 is 0. The lowest BCUT2D eigenvalue weighted by atomic mass is 9.94. The van der Waals surface area contributed by atoms with Crippen LogP contribution in [0.25, 0.3) is 33.7 Å². The lowest BCUT2D eigenvalue weighted by molar-refractivity contribution is -0.107. The van der Waals surface area contributed by atoms with Crippen molar-refractivity contribution in [2.75, 3.05) is 0 Å². The summed E-state index contributed by atoms with van der Waals surface area (Å²) in [6.07, 6.45) is 1.79. The number of oxazole rings is 1. The highest BCUT2D eigenvalue weighted by molar-refractivity contribution is 5.88. The number of carbonyl (C=O) groups excluding carboxylic acids is 1. The van der Waals surface area contributed by atoms with E-state index in [1.165, 1.54) is 11.1 Å². The van der Waals surface area contributed by atoms with E-state index in [0.29, 0.717) is 18.7 Å². The third kappa shape index (κ3) is 4.04. The molecule has 144 valence electrons. The molecule has 0 aliphatic carbocycles. The molecule has 0 bridgehead atoms. The van der Waals surface area contributed by atoms with Gasteiger partial charge in [-0.25, -0.2) is 4.98 Å². The van der Waals surface area contributed by atoms with Crippen molar-refractivity contribution in [2.24, 2.45) is 0 Å². The molecular formula is C26H23NO2. The van der Waals surface area contributed by atoms with Crippen LogP contribution in [0.2, 0.25) is 0 Å². The second-order valence-electron chi connectivity index (χ2n) is 7.28. The summed E-state index contributed by atoms with van der Waals surface area (Å²) in [5.74, 6) is 1.32. The fourth-order valence-corrected chi connectivity index (χ4v) is 3.69. The molecule has 3 nitrogen and oxygen atoms in total. The van der Waals surface area contributed by atoms with Gasteiger partial charge in [0.05, 0.1) is 0 Å². The van der Waals surface area contributed by atoms with Crippen LogP contribution < -0.4 is 0 Å². The van der Waals surface area contributed by atoms with Gasteiger partial charge in [-0.2, -0.15) is 0 Å². The fourth-order valence-electron chi connectivity index (χ4n) is 3.69. The number of rotatable bonds is 6. The Bertz CT molecular complexity index is 1120. The minimum absolute atomic E-state index is 0.396. The molecule has 0 N–H and O–H groups in total. The molecule has 0 saturated heterocycles. The van der Waals surface area contributed by atoms with Crippen molar-refractivity contribution in [3.63, 3.8) is 0 Å². The van der Waals surface area contributed by atoms with Crippen LogP contribution in [0, 0.1) is 13.8 Å². The van der Waals surface area contributed by atoms with E-state index in [-0.39, 0.29) is 0 Å². The topological polar surface area (TPSA) is 43.1 Å². The average Bonchev–Trinajstić information content (AvgIpc) is 3.16. The number of benzene rings is 3. The molecule has 1 aromatic heterocycles. The average molecular weight is 381 g/mol. The molecule has 3 heteroatoms. The standard InChI is InChI=1S/C26H23NO2/c1-18-15-19(2)17-21(16-18)22-11-6-7-12-23(22)25-26(20-9-4-3-5-10-20)29-24(27-25)13-8-14-28/h3-7,9-12,14-17H,8,13H2,1-2H3. The van der Waals surface area contributed by atoms with Crippen LogP contribution >= 0.6 is 0 Å². The van der Waals surface area contributed by atoms with Gasteiger partial charge < -0.3 is 9.21 Å². The van der Waals surface area contributed by atoms with Crippen LogP contribution in [0.5, 0.6) is 0 Å². The van der Waals surface area contributed by atoms with E-state index in [1.807, 2.05) is 42.5 Å². The molecule has 0 aliphatic heterocycles. The molecule has 0 saturated carbocycles. The summed E-state index contributed by atoms with van der Waals surface area (Å²) in [5, 5.41) is 0. The molecule has 0 spiro atoms. The minimum Gasteiger partial charge on any atom is -0.440 e. The number of carbonyl (C=O) groups is 1. The largest absolute Gasteiger partial charge is 0.440 e. The van der Waals surface area contributed by atoms with Crippen LogP contribution in [-0.4, -0.2) is 11.3 Å². The maximum atomic E-state index is 10.8. The lowest BCUT2D eigenvalue weighted by Crippen LogP contribution is -1.90.